The van der Waals surface area contributed by atoms with Gasteiger partial charge in [0.1, 0.15) is 0 Å². The average Bonchev–Trinajstić information content (AvgIpc) is 2.19. The number of nitrogens with two attached hydrogens (primary N) is 2. The molecule has 0 saturated carbocycles. The molecule has 2 aromatic rings. The van der Waals surface area contributed by atoms with Crippen molar-refractivity contribution in [3.63, 3.8) is 0 Å². The second-order valence-electron chi connectivity index (χ2n) is 2.94. The summed E-state index contributed by atoms with van der Waals surface area (Å²) >= 11 is 3.33. The Labute approximate surface area is 94.3 Å². The quantitative estimate of drug-likeness (QED) is 0.770. The van der Waals surface area contributed by atoms with E-state index in [1.54, 1.807) is 6.20 Å². The number of hydrogen-bond acceptors (Lipinski definition) is 6. The first-order chi connectivity index (χ1) is 7.20. The third-order valence-corrected chi connectivity index (χ3v) is 2.25. The molecule has 2 rings (SSSR count). The number of rotatable bonds is 2. The molecule has 0 saturated heterocycles. The second-order valence-corrected chi connectivity index (χ2v) is 3.73. The van der Waals surface area contributed by atoms with Crippen molar-refractivity contribution in [1.82, 2.24) is 19.9 Å². The zero-order valence-electron chi connectivity index (χ0n) is 7.81. The van der Waals surface area contributed by atoms with Gasteiger partial charge < -0.3 is 11.5 Å². The van der Waals surface area contributed by atoms with Gasteiger partial charge in [-0.05, 0) is 0 Å². The summed E-state index contributed by atoms with van der Waals surface area (Å²) in [7, 11) is 0. The fraction of sp³-hybridized carbons (Fsp3) is 0.250. The molecular weight excluding hydrogens is 260 g/mol. The van der Waals surface area contributed by atoms with E-state index in [4.69, 9.17) is 11.5 Å². The summed E-state index contributed by atoms with van der Waals surface area (Å²) in [5.74, 6) is 0.379. The minimum absolute atomic E-state index is 0.113. The van der Waals surface area contributed by atoms with Crippen LogP contribution in [0.4, 0.5) is 11.8 Å². The van der Waals surface area contributed by atoms with Crippen molar-refractivity contribution in [1.29, 1.82) is 0 Å². The first-order valence-corrected chi connectivity index (χ1v) is 5.43. The van der Waals surface area contributed by atoms with E-state index in [2.05, 4.69) is 35.9 Å². The minimum Gasteiger partial charge on any atom is -0.382 e. The van der Waals surface area contributed by atoms with Crippen molar-refractivity contribution in [3.8, 4) is 0 Å². The van der Waals surface area contributed by atoms with Crippen molar-refractivity contribution < 1.29 is 0 Å². The summed E-state index contributed by atoms with van der Waals surface area (Å²) in [5.41, 5.74) is 12.9. The molecule has 2 heterocycles. The van der Waals surface area contributed by atoms with Gasteiger partial charge in [0.2, 0.25) is 5.95 Å². The Morgan fingerprint density at radius 2 is 2.00 bits per heavy atom. The smallest absolute Gasteiger partial charge is 0.224 e. The number of hydrogen-bond donors (Lipinski definition) is 2. The molecule has 0 radical (unpaired) electrons. The van der Waals surface area contributed by atoms with Crippen molar-refractivity contribution in [3.05, 3.63) is 11.9 Å². The van der Waals surface area contributed by atoms with Gasteiger partial charge in [-0.2, -0.15) is 9.97 Å². The minimum atomic E-state index is 0.113. The molecule has 0 aliphatic heterocycles. The van der Waals surface area contributed by atoms with Crippen molar-refractivity contribution >= 4 is 38.9 Å². The van der Waals surface area contributed by atoms with Crippen LogP contribution in [0, 0.1) is 0 Å². The summed E-state index contributed by atoms with van der Waals surface area (Å²) in [4.78, 5) is 16.2. The number of anilines is 2. The van der Waals surface area contributed by atoms with Gasteiger partial charge in [0, 0.05) is 11.8 Å². The fourth-order valence-corrected chi connectivity index (χ4v) is 1.61. The van der Waals surface area contributed by atoms with E-state index in [0.717, 1.165) is 17.4 Å². The molecule has 0 aromatic carbocycles. The maximum atomic E-state index is 5.68. The lowest BCUT2D eigenvalue weighted by atomic mass is 10.3. The zero-order chi connectivity index (χ0) is 10.8. The highest BCUT2D eigenvalue weighted by Gasteiger charge is 2.06. The van der Waals surface area contributed by atoms with Crippen LogP contribution in [0.1, 0.15) is 5.69 Å². The predicted octanol–water partition coefficient (Wildman–Crippen LogP) is 0.522. The molecule has 0 bridgehead atoms. The Hall–Kier alpha value is -1.50. The molecule has 78 valence electrons. The monoisotopic (exact) mass is 268 g/mol. The Kier molecular flexibility index (Phi) is 2.63. The van der Waals surface area contributed by atoms with E-state index >= 15 is 0 Å². The molecule has 7 heteroatoms. The number of aromatic nitrogens is 4. The Morgan fingerprint density at radius 1 is 1.20 bits per heavy atom. The first kappa shape index (κ1) is 10.0. The summed E-state index contributed by atoms with van der Waals surface area (Å²) in [6.07, 6.45) is 2.45. The molecule has 0 aliphatic rings. The molecule has 0 unspecified atom stereocenters. The molecule has 0 spiro atoms. The number of halogens is 1. The van der Waals surface area contributed by atoms with Gasteiger partial charge in [-0.25, -0.2) is 9.97 Å². The highest BCUT2D eigenvalue weighted by Crippen LogP contribution is 2.14. The standard InChI is InChI=1S/C8H9BrN6/c9-2-1-4-3-12-7-5(13-4)6(10)14-8(11)15-7/h3H,1-2H2,(H4,10,11,12,14,15). The summed E-state index contributed by atoms with van der Waals surface area (Å²) in [6.45, 7) is 0. The van der Waals surface area contributed by atoms with E-state index in [1.807, 2.05) is 0 Å². The predicted molar refractivity (Wildman–Crippen MR) is 61.5 cm³/mol. The number of fused-ring (bicyclic) bond motifs is 1. The van der Waals surface area contributed by atoms with Gasteiger partial charge in [-0.3, -0.25) is 0 Å². The van der Waals surface area contributed by atoms with Crippen LogP contribution < -0.4 is 11.5 Å². The van der Waals surface area contributed by atoms with Crippen molar-refractivity contribution in [2.75, 3.05) is 16.8 Å². The Balaban J connectivity index is 2.60. The van der Waals surface area contributed by atoms with E-state index in [-0.39, 0.29) is 11.8 Å². The van der Waals surface area contributed by atoms with Crippen LogP contribution in [0.2, 0.25) is 0 Å². The summed E-state index contributed by atoms with van der Waals surface area (Å²) in [6, 6.07) is 0. The topological polar surface area (TPSA) is 104 Å². The molecule has 0 amide bonds. The maximum absolute atomic E-state index is 5.68. The van der Waals surface area contributed by atoms with Gasteiger partial charge in [0.25, 0.3) is 0 Å². The molecular formula is C8H9BrN6. The van der Waals surface area contributed by atoms with Crippen molar-refractivity contribution in [2.24, 2.45) is 0 Å². The van der Waals surface area contributed by atoms with Gasteiger partial charge in [-0.1, -0.05) is 15.9 Å². The largest absolute Gasteiger partial charge is 0.382 e. The number of aryl methyl sites for hydroxylation is 1. The van der Waals surface area contributed by atoms with E-state index in [1.165, 1.54) is 0 Å². The van der Waals surface area contributed by atoms with E-state index < -0.39 is 0 Å². The summed E-state index contributed by atoms with van der Waals surface area (Å²) < 4.78 is 0. The third kappa shape index (κ3) is 1.96. The lowest BCUT2D eigenvalue weighted by Crippen LogP contribution is -2.04. The third-order valence-electron chi connectivity index (χ3n) is 1.85. The van der Waals surface area contributed by atoms with Gasteiger partial charge in [0.15, 0.2) is 17.0 Å². The molecule has 2 aromatic heterocycles. The van der Waals surface area contributed by atoms with Crippen LogP contribution in [0.5, 0.6) is 0 Å². The normalized spacial score (nSPS) is 10.7. The number of alkyl halides is 1. The molecule has 0 aliphatic carbocycles. The molecule has 6 nitrogen and oxygen atoms in total. The highest BCUT2D eigenvalue weighted by molar-refractivity contribution is 9.09. The molecule has 4 N–H and O–H groups in total. The zero-order valence-corrected chi connectivity index (χ0v) is 9.40. The van der Waals surface area contributed by atoms with Crippen LogP contribution >= 0.6 is 15.9 Å². The molecule has 15 heavy (non-hydrogen) atoms. The highest BCUT2D eigenvalue weighted by atomic mass is 79.9. The van der Waals surface area contributed by atoms with Crippen LogP contribution in [0.3, 0.4) is 0 Å². The van der Waals surface area contributed by atoms with Crippen LogP contribution in [-0.4, -0.2) is 25.3 Å². The Morgan fingerprint density at radius 3 is 2.73 bits per heavy atom. The van der Waals surface area contributed by atoms with Crippen LogP contribution in [0.15, 0.2) is 6.20 Å². The number of nitrogens with zero attached hydrogens (tertiary/aromatic N) is 4. The fourth-order valence-electron chi connectivity index (χ4n) is 1.20. The van der Waals surface area contributed by atoms with Crippen LogP contribution in [0.25, 0.3) is 11.2 Å². The van der Waals surface area contributed by atoms with E-state index in [9.17, 15) is 0 Å². The number of nitrogen functional groups attached to an aromatic ring is 2. The van der Waals surface area contributed by atoms with Gasteiger partial charge in [0.05, 0.1) is 11.9 Å². The lowest BCUT2D eigenvalue weighted by molar-refractivity contribution is 1.03. The van der Waals surface area contributed by atoms with Gasteiger partial charge in [-0.15, -0.1) is 0 Å². The van der Waals surface area contributed by atoms with Gasteiger partial charge >= 0.3 is 0 Å². The first-order valence-electron chi connectivity index (χ1n) is 4.31. The molecule has 0 atom stereocenters. The molecule has 0 fully saturated rings. The van der Waals surface area contributed by atoms with E-state index in [0.29, 0.717) is 11.2 Å². The Bertz CT molecular complexity index is 500. The second kappa shape index (κ2) is 3.93. The summed E-state index contributed by atoms with van der Waals surface area (Å²) in [5, 5.41) is 0.822. The average molecular weight is 269 g/mol. The SMILES string of the molecule is Nc1nc(N)c2nc(CCBr)cnc2n1. The lowest BCUT2D eigenvalue weighted by Gasteiger charge is -2.02. The van der Waals surface area contributed by atoms with Crippen LogP contribution in [-0.2, 0) is 6.42 Å². The maximum Gasteiger partial charge on any atom is 0.224 e. The van der Waals surface area contributed by atoms with Crippen molar-refractivity contribution in [2.45, 2.75) is 6.42 Å².